The second-order valence-corrected chi connectivity index (χ2v) is 7.10. The summed E-state index contributed by atoms with van der Waals surface area (Å²) < 4.78 is 39.1. The summed E-state index contributed by atoms with van der Waals surface area (Å²) in [6.45, 7) is 0. The molecule has 156 valence electrons. The zero-order chi connectivity index (χ0) is 22.3. The molecule has 31 heavy (non-hydrogen) atoms. The number of anilines is 2. The largest absolute Gasteiger partial charge is 0.417 e. The molecular weight excluding hydrogens is 433 g/mol. The van der Waals surface area contributed by atoms with E-state index in [1.54, 1.807) is 12.1 Å². The number of halogens is 4. The number of rotatable bonds is 3. The molecule has 0 radical (unpaired) electrons. The second kappa shape index (κ2) is 7.55. The van der Waals surface area contributed by atoms with Gasteiger partial charge in [-0.25, -0.2) is 4.90 Å². The summed E-state index contributed by atoms with van der Waals surface area (Å²) in [5.41, 5.74) is -0.450. The van der Waals surface area contributed by atoms with Crippen molar-refractivity contribution in [2.45, 2.75) is 6.18 Å². The first-order valence-corrected chi connectivity index (χ1v) is 9.30. The molecule has 0 aromatic heterocycles. The van der Waals surface area contributed by atoms with E-state index in [-0.39, 0.29) is 28.1 Å². The van der Waals surface area contributed by atoms with Crippen LogP contribution >= 0.6 is 11.6 Å². The molecule has 0 aliphatic carbocycles. The van der Waals surface area contributed by atoms with Gasteiger partial charge in [-0.05, 0) is 48.5 Å². The Kier molecular flexibility index (Phi) is 5.02. The van der Waals surface area contributed by atoms with Gasteiger partial charge in [-0.2, -0.15) is 13.2 Å². The van der Waals surface area contributed by atoms with Gasteiger partial charge in [0.25, 0.3) is 17.7 Å². The van der Waals surface area contributed by atoms with Gasteiger partial charge in [0.15, 0.2) is 0 Å². The Bertz CT molecular complexity index is 1210. The highest BCUT2D eigenvalue weighted by Gasteiger charge is 2.36. The number of nitrogens with zero attached hydrogens (tertiary/aromatic N) is 1. The molecule has 1 heterocycles. The third-order valence-corrected chi connectivity index (χ3v) is 5.02. The first-order chi connectivity index (χ1) is 14.7. The van der Waals surface area contributed by atoms with Crippen molar-refractivity contribution in [2.24, 2.45) is 0 Å². The Morgan fingerprint density at radius 1 is 0.871 bits per heavy atom. The SMILES string of the molecule is O=C(Nc1ccc(Cl)c(C(F)(F)F)c1)c1cccc(N2C(=O)c3ccccc3C2=O)c1. The molecule has 1 N–H and O–H groups in total. The molecule has 9 heteroatoms. The minimum atomic E-state index is -4.68. The van der Waals surface area contributed by atoms with Crippen LogP contribution in [0.25, 0.3) is 0 Å². The monoisotopic (exact) mass is 444 g/mol. The van der Waals surface area contributed by atoms with Crippen molar-refractivity contribution in [1.82, 2.24) is 0 Å². The predicted octanol–water partition coefficient (Wildman–Crippen LogP) is 5.41. The number of carbonyl (C=O) groups excluding carboxylic acids is 3. The van der Waals surface area contributed by atoms with E-state index in [1.165, 1.54) is 42.5 Å². The second-order valence-electron chi connectivity index (χ2n) is 6.69. The third kappa shape index (κ3) is 3.77. The zero-order valence-electron chi connectivity index (χ0n) is 15.5. The molecule has 0 atom stereocenters. The number of imide groups is 1. The van der Waals surface area contributed by atoms with Gasteiger partial charge >= 0.3 is 6.18 Å². The van der Waals surface area contributed by atoms with Crippen LogP contribution in [0.2, 0.25) is 5.02 Å². The Balaban J connectivity index is 1.61. The lowest BCUT2D eigenvalue weighted by atomic mass is 10.1. The summed E-state index contributed by atoms with van der Waals surface area (Å²) in [7, 11) is 0. The van der Waals surface area contributed by atoms with Gasteiger partial charge in [0.1, 0.15) is 0 Å². The molecule has 0 spiro atoms. The van der Waals surface area contributed by atoms with E-state index in [0.29, 0.717) is 0 Å². The smallest absolute Gasteiger partial charge is 0.322 e. The zero-order valence-corrected chi connectivity index (χ0v) is 16.3. The summed E-state index contributed by atoms with van der Waals surface area (Å²) in [5.74, 6) is -1.76. The van der Waals surface area contributed by atoms with Crippen molar-refractivity contribution < 1.29 is 27.6 Å². The van der Waals surface area contributed by atoms with Crippen LogP contribution in [-0.2, 0) is 6.18 Å². The number of carbonyl (C=O) groups is 3. The number of amides is 3. The van der Waals surface area contributed by atoms with E-state index >= 15 is 0 Å². The van der Waals surface area contributed by atoms with Crippen LogP contribution in [0.15, 0.2) is 66.7 Å². The number of fused-ring (bicyclic) bond motifs is 1. The number of benzene rings is 3. The quantitative estimate of drug-likeness (QED) is 0.549. The first kappa shape index (κ1) is 20.6. The molecule has 3 amide bonds. The fraction of sp³-hybridized carbons (Fsp3) is 0.0455. The summed E-state index contributed by atoms with van der Waals surface area (Å²) in [4.78, 5) is 38.8. The fourth-order valence-corrected chi connectivity index (χ4v) is 3.46. The van der Waals surface area contributed by atoms with E-state index in [9.17, 15) is 27.6 Å². The predicted molar refractivity (Wildman–Crippen MR) is 108 cm³/mol. The lowest BCUT2D eigenvalue weighted by Gasteiger charge is -2.15. The van der Waals surface area contributed by atoms with Crippen molar-refractivity contribution in [2.75, 3.05) is 10.2 Å². The van der Waals surface area contributed by atoms with E-state index in [4.69, 9.17) is 11.6 Å². The summed E-state index contributed by atoms with van der Waals surface area (Å²) in [6, 6.07) is 15.0. The Labute approximate surface area is 179 Å². The summed E-state index contributed by atoms with van der Waals surface area (Å²) in [5, 5.41) is 1.88. The Morgan fingerprint density at radius 2 is 1.52 bits per heavy atom. The van der Waals surface area contributed by atoms with E-state index in [0.717, 1.165) is 17.0 Å². The van der Waals surface area contributed by atoms with Crippen LogP contribution in [0.3, 0.4) is 0 Å². The number of hydrogen-bond donors (Lipinski definition) is 1. The molecular formula is C22H12ClF3N2O3. The van der Waals surface area contributed by atoms with Crippen LogP contribution < -0.4 is 10.2 Å². The van der Waals surface area contributed by atoms with E-state index in [1.807, 2.05) is 0 Å². The number of hydrogen-bond acceptors (Lipinski definition) is 3. The minimum Gasteiger partial charge on any atom is -0.322 e. The van der Waals surface area contributed by atoms with Crippen molar-refractivity contribution in [3.05, 3.63) is 94.0 Å². The maximum absolute atomic E-state index is 13.0. The van der Waals surface area contributed by atoms with Crippen LogP contribution in [0.4, 0.5) is 24.5 Å². The van der Waals surface area contributed by atoms with Crippen molar-refractivity contribution in [3.63, 3.8) is 0 Å². The molecule has 3 aromatic carbocycles. The van der Waals surface area contributed by atoms with Crippen LogP contribution in [0, 0.1) is 0 Å². The van der Waals surface area contributed by atoms with Gasteiger partial charge in [-0.1, -0.05) is 29.8 Å². The van der Waals surface area contributed by atoms with Crippen molar-refractivity contribution in [1.29, 1.82) is 0 Å². The van der Waals surface area contributed by atoms with Gasteiger partial charge in [-0.3, -0.25) is 14.4 Å². The third-order valence-electron chi connectivity index (χ3n) is 4.69. The van der Waals surface area contributed by atoms with Crippen LogP contribution in [0.1, 0.15) is 36.6 Å². The molecule has 5 nitrogen and oxygen atoms in total. The lowest BCUT2D eigenvalue weighted by molar-refractivity contribution is -0.137. The minimum absolute atomic E-state index is 0.0533. The molecule has 0 bridgehead atoms. The number of alkyl halides is 3. The van der Waals surface area contributed by atoms with Gasteiger partial charge < -0.3 is 5.32 Å². The van der Waals surface area contributed by atoms with Crippen molar-refractivity contribution in [3.8, 4) is 0 Å². The van der Waals surface area contributed by atoms with Crippen LogP contribution in [-0.4, -0.2) is 17.7 Å². The molecule has 4 rings (SSSR count). The van der Waals surface area contributed by atoms with Crippen molar-refractivity contribution >= 4 is 40.7 Å². The Morgan fingerprint density at radius 3 is 2.13 bits per heavy atom. The number of nitrogens with one attached hydrogen (secondary N) is 1. The first-order valence-electron chi connectivity index (χ1n) is 8.93. The molecule has 1 aliphatic heterocycles. The highest BCUT2D eigenvalue weighted by molar-refractivity contribution is 6.34. The molecule has 0 saturated heterocycles. The molecule has 0 saturated carbocycles. The average Bonchev–Trinajstić information content (AvgIpc) is 2.99. The van der Waals surface area contributed by atoms with Gasteiger partial charge in [0, 0.05) is 11.3 Å². The summed E-state index contributed by atoms with van der Waals surface area (Å²) >= 11 is 5.59. The van der Waals surface area contributed by atoms with Crippen LogP contribution in [0.5, 0.6) is 0 Å². The Hall–Kier alpha value is -3.65. The van der Waals surface area contributed by atoms with Gasteiger partial charge in [-0.15, -0.1) is 0 Å². The standard InChI is InChI=1S/C22H12ClF3N2O3/c23-18-9-8-13(11-17(18)22(24,25)26)27-19(29)12-4-3-5-14(10-12)28-20(30)15-6-1-2-7-16(15)21(28)31/h1-11H,(H,27,29). The maximum atomic E-state index is 13.0. The van der Waals surface area contributed by atoms with E-state index < -0.39 is 34.5 Å². The molecule has 0 fully saturated rings. The summed E-state index contributed by atoms with van der Waals surface area (Å²) in [6.07, 6.45) is -4.68. The fourth-order valence-electron chi connectivity index (χ4n) is 3.23. The van der Waals surface area contributed by atoms with Gasteiger partial charge in [0.2, 0.25) is 0 Å². The van der Waals surface area contributed by atoms with Gasteiger partial charge in [0.05, 0.1) is 27.4 Å². The lowest BCUT2D eigenvalue weighted by Crippen LogP contribution is -2.29. The highest BCUT2D eigenvalue weighted by Crippen LogP contribution is 2.36. The topological polar surface area (TPSA) is 66.5 Å². The average molecular weight is 445 g/mol. The normalized spacial score (nSPS) is 13.4. The highest BCUT2D eigenvalue weighted by atomic mass is 35.5. The molecule has 3 aromatic rings. The molecule has 0 unspecified atom stereocenters. The molecule has 1 aliphatic rings. The van der Waals surface area contributed by atoms with E-state index in [2.05, 4.69) is 5.32 Å². The maximum Gasteiger partial charge on any atom is 0.417 e.